The molecule has 1 aliphatic carbocycles. The monoisotopic (exact) mass is 331 g/mol. The van der Waals surface area contributed by atoms with E-state index in [0.29, 0.717) is 19.6 Å². The highest BCUT2D eigenvalue weighted by Crippen LogP contribution is 2.28. The van der Waals surface area contributed by atoms with Crippen molar-refractivity contribution >= 4 is 5.91 Å². The van der Waals surface area contributed by atoms with Gasteiger partial charge in [0.1, 0.15) is 0 Å². The third-order valence-corrected chi connectivity index (χ3v) is 5.45. The summed E-state index contributed by atoms with van der Waals surface area (Å²) in [6, 6.07) is 9.74. The topological polar surface area (TPSA) is 69.8 Å². The molecule has 1 amide bonds. The molecule has 0 radical (unpaired) electrons. The third-order valence-electron chi connectivity index (χ3n) is 5.45. The second-order valence-corrected chi connectivity index (χ2v) is 7.24. The summed E-state index contributed by atoms with van der Waals surface area (Å²) in [4.78, 5) is 16.9. The van der Waals surface area contributed by atoms with Crippen LogP contribution < -0.4 is 5.73 Å². The Morgan fingerprint density at radius 1 is 1.08 bits per heavy atom. The molecule has 1 aromatic carbocycles. The molecule has 3 rings (SSSR count). The second kappa shape index (κ2) is 7.64. The van der Waals surface area contributed by atoms with Crippen molar-refractivity contribution in [3.05, 3.63) is 35.9 Å². The lowest BCUT2D eigenvalue weighted by Gasteiger charge is -2.41. The molecule has 5 heteroatoms. The Hall–Kier alpha value is -1.43. The molecule has 1 aliphatic heterocycles. The van der Waals surface area contributed by atoms with E-state index in [1.807, 2.05) is 35.2 Å². The van der Waals surface area contributed by atoms with E-state index < -0.39 is 11.6 Å². The summed E-state index contributed by atoms with van der Waals surface area (Å²) in [5.41, 5.74) is 6.69. The smallest absolute Gasteiger partial charge is 0.242 e. The molecule has 1 atom stereocenters. The van der Waals surface area contributed by atoms with Crippen LogP contribution in [0.1, 0.15) is 43.8 Å². The highest BCUT2D eigenvalue weighted by molar-refractivity contribution is 5.86. The molecular weight excluding hydrogens is 302 g/mol. The first-order chi connectivity index (χ1) is 11.6. The van der Waals surface area contributed by atoms with Gasteiger partial charge in [-0.25, -0.2) is 0 Å². The maximum Gasteiger partial charge on any atom is 0.242 e. The summed E-state index contributed by atoms with van der Waals surface area (Å²) < 4.78 is 0. The van der Waals surface area contributed by atoms with E-state index in [-0.39, 0.29) is 5.91 Å². The molecule has 132 valence electrons. The molecule has 5 nitrogen and oxygen atoms in total. The van der Waals surface area contributed by atoms with E-state index in [1.165, 1.54) is 6.42 Å². The van der Waals surface area contributed by atoms with Crippen LogP contribution in [-0.4, -0.2) is 59.1 Å². The van der Waals surface area contributed by atoms with Gasteiger partial charge in [0.05, 0.1) is 11.6 Å². The maximum atomic E-state index is 12.8. The van der Waals surface area contributed by atoms with E-state index >= 15 is 0 Å². The number of hydrogen-bond donors (Lipinski definition) is 2. The number of nitrogens with zero attached hydrogens (tertiary/aromatic N) is 2. The van der Waals surface area contributed by atoms with Crippen molar-refractivity contribution < 1.29 is 9.90 Å². The van der Waals surface area contributed by atoms with Crippen LogP contribution in [0.2, 0.25) is 0 Å². The van der Waals surface area contributed by atoms with Crippen LogP contribution in [0, 0.1) is 0 Å². The molecular formula is C19H29N3O2. The summed E-state index contributed by atoms with van der Waals surface area (Å²) in [6.07, 6.45) is 4.47. The lowest BCUT2D eigenvalue weighted by atomic mass is 9.81. The maximum absolute atomic E-state index is 12.8. The highest BCUT2D eigenvalue weighted by Gasteiger charge is 2.39. The van der Waals surface area contributed by atoms with Crippen molar-refractivity contribution in [2.75, 3.05) is 32.7 Å². The lowest BCUT2D eigenvalue weighted by Crippen LogP contribution is -2.60. The van der Waals surface area contributed by atoms with Gasteiger partial charge in [0.15, 0.2) is 0 Å². The Bertz CT molecular complexity index is 535. The van der Waals surface area contributed by atoms with E-state index in [9.17, 15) is 9.90 Å². The number of carbonyl (C=O) groups is 1. The quantitative estimate of drug-likeness (QED) is 0.878. The predicted octanol–water partition coefficient (Wildman–Crippen LogP) is 1.53. The third kappa shape index (κ3) is 3.97. The summed E-state index contributed by atoms with van der Waals surface area (Å²) >= 11 is 0. The molecule has 2 fully saturated rings. The van der Waals surface area contributed by atoms with Gasteiger partial charge in [-0.1, -0.05) is 49.6 Å². The number of aliphatic hydroxyl groups excluding tert-OH is 1. The van der Waals surface area contributed by atoms with Crippen LogP contribution in [-0.2, 0) is 4.79 Å². The van der Waals surface area contributed by atoms with Crippen LogP contribution in [0.5, 0.6) is 0 Å². The normalized spacial score (nSPS) is 23.0. The number of β-amino-alcohol motifs (C(OH)–C–C–N with tert-alkyl or cyclic N) is 1. The van der Waals surface area contributed by atoms with Crippen LogP contribution in [0.25, 0.3) is 0 Å². The van der Waals surface area contributed by atoms with Gasteiger partial charge in [0.25, 0.3) is 0 Å². The van der Waals surface area contributed by atoms with E-state index in [0.717, 1.165) is 44.3 Å². The highest BCUT2D eigenvalue weighted by atomic mass is 16.3. The minimum atomic E-state index is -0.635. The zero-order chi connectivity index (χ0) is 17.0. The number of carbonyl (C=O) groups excluding carboxylic acids is 1. The molecule has 0 spiro atoms. The van der Waals surface area contributed by atoms with Crippen LogP contribution in [0.15, 0.2) is 30.3 Å². The summed E-state index contributed by atoms with van der Waals surface area (Å²) in [7, 11) is 0. The van der Waals surface area contributed by atoms with Crippen molar-refractivity contribution in [2.24, 2.45) is 5.73 Å². The Morgan fingerprint density at radius 3 is 2.33 bits per heavy atom. The molecule has 1 heterocycles. The molecule has 1 aromatic rings. The van der Waals surface area contributed by atoms with Gasteiger partial charge in [-0.05, 0) is 18.4 Å². The summed E-state index contributed by atoms with van der Waals surface area (Å²) in [6.45, 7) is 3.62. The van der Waals surface area contributed by atoms with Gasteiger partial charge in [-0.2, -0.15) is 0 Å². The van der Waals surface area contributed by atoms with E-state index in [1.54, 1.807) is 0 Å². The number of nitrogens with two attached hydrogens (primary N) is 1. The van der Waals surface area contributed by atoms with Gasteiger partial charge in [-0.15, -0.1) is 0 Å². The van der Waals surface area contributed by atoms with Gasteiger partial charge in [-0.3, -0.25) is 9.69 Å². The van der Waals surface area contributed by atoms with Crippen LogP contribution in [0.4, 0.5) is 0 Å². The van der Waals surface area contributed by atoms with Crippen molar-refractivity contribution in [1.29, 1.82) is 0 Å². The van der Waals surface area contributed by atoms with E-state index in [2.05, 4.69) is 4.90 Å². The molecule has 1 unspecified atom stereocenters. The fourth-order valence-electron chi connectivity index (χ4n) is 3.87. The van der Waals surface area contributed by atoms with Crippen molar-refractivity contribution in [1.82, 2.24) is 9.80 Å². The first-order valence-corrected chi connectivity index (χ1v) is 9.12. The number of piperazine rings is 1. The fourth-order valence-corrected chi connectivity index (χ4v) is 3.87. The first kappa shape index (κ1) is 17.4. The number of rotatable bonds is 4. The summed E-state index contributed by atoms with van der Waals surface area (Å²) in [5.74, 6) is 0.130. The number of hydrogen-bond acceptors (Lipinski definition) is 4. The Morgan fingerprint density at radius 2 is 1.71 bits per heavy atom. The molecule has 0 aromatic heterocycles. The summed E-state index contributed by atoms with van der Waals surface area (Å²) in [5, 5.41) is 10.4. The van der Waals surface area contributed by atoms with Crippen LogP contribution in [0.3, 0.4) is 0 Å². The minimum Gasteiger partial charge on any atom is -0.387 e. The molecule has 2 aliphatic rings. The molecule has 1 saturated heterocycles. The number of amides is 1. The predicted molar refractivity (Wildman–Crippen MR) is 94.4 cm³/mol. The number of aliphatic hydroxyl groups is 1. The standard InChI is InChI=1S/C19H29N3O2/c20-19(9-5-2-6-10-19)18(24)22-13-11-21(12-14-22)15-17(23)16-7-3-1-4-8-16/h1,3-4,7-8,17,23H,2,5-6,9-15,20H2. The van der Waals surface area contributed by atoms with Crippen molar-refractivity contribution in [3.8, 4) is 0 Å². The Kier molecular flexibility index (Phi) is 5.54. The fraction of sp³-hybridized carbons (Fsp3) is 0.632. The van der Waals surface area contributed by atoms with Gasteiger partial charge >= 0.3 is 0 Å². The Balaban J connectivity index is 1.49. The van der Waals surface area contributed by atoms with Crippen molar-refractivity contribution in [2.45, 2.75) is 43.7 Å². The first-order valence-electron chi connectivity index (χ1n) is 9.12. The molecule has 1 saturated carbocycles. The number of benzene rings is 1. The molecule has 3 N–H and O–H groups in total. The van der Waals surface area contributed by atoms with Gasteiger partial charge < -0.3 is 15.7 Å². The zero-order valence-corrected chi connectivity index (χ0v) is 14.4. The van der Waals surface area contributed by atoms with Gasteiger partial charge in [0, 0.05) is 32.7 Å². The molecule has 24 heavy (non-hydrogen) atoms. The average Bonchev–Trinajstić information content (AvgIpc) is 2.63. The molecule has 0 bridgehead atoms. The average molecular weight is 331 g/mol. The zero-order valence-electron chi connectivity index (χ0n) is 14.4. The Labute approximate surface area is 144 Å². The second-order valence-electron chi connectivity index (χ2n) is 7.24. The minimum absolute atomic E-state index is 0.130. The van der Waals surface area contributed by atoms with Crippen molar-refractivity contribution in [3.63, 3.8) is 0 Å². The van der Waals surface area contributed by atoms with Gasteiger partial charge in [0.2, 0.25) is 5.91 Å². The van der Waals surface area contributed by atoms with E-state index in [4.69, 9.17) is 5.73 Å². The van der Waals surface area contributed by atoms with Crippen LogP contribution >= 0.6 is 0 Å². The SMILES string of the molecule is NC1(C(=O)N2CCN(CC(O)c3ccccc3)CC2)CCCCC1. The lowest BCUT2D eigenvalue weighted by molar-refractivity contribution is -0.140. The largest absolute Gasteiger partial charge is 0.387 e.